The SMILES string of the molecule is COC(=O)Oc1c(O)cccc1C(=O)N(CCCCn1c(=O)oc2c(OC(=O)OC)cccc2c1=O)CC(N)=O. The normalized spacial score (nSPS) is 10.6. The summed E-state index contributed by atoms with van der Waals surface area (Å²) in [5.41, 5.74) is 4.13. The van der Waals surface area contributed by atoms with E-state index in [-0.39, 0.29) is 48.2 Å². The van der Waals surface area contributed by atoms with Gasteiger partial charge in [-0.05, 0) is 37.1 Å². The molecule has 0 saturated carbocycles. The summed E-state index contributed by atoms with van der Waals surface area (Å²) < 4.78 is 24.7. The minimum Gasteiger partial charge on any atom is -0.504 e. The average Bonchev–Trinajstić information content (AvgIpc) is 2.92. The van der Waals surface area contributed by atoms with Crippen LogP contribution in [0, 0.1) is 0 Å². The van der Waals surface area contributed by atoms with E-state index in [2.05, 4.69) is 9.47 Å². The van der Waals surface area contributed by atoms with E-state index in [9.17, 15) is 33.9 Å². The molecule has 15 nitrogen and oxygen atoms in total. The lowest BCUT2D eigenvalue weighted by molar-refractivity contribution is -0.118. The molecule has 2 amide bonds. The molecule has 0 aliphatic carbocycles. The standard InChI is InChI=1S/C25H25N3O12/c1-36-24(34)38-17-10-6-8-15-20(17)39-23(33)28(22(15)32)12-4-3-11-27(13-18(26)30)21(31)14-7-5-9-16(29)19(14)40-25(35)37-2/h5-10,29H,3-4,11-13H2,1-2H3,(H2,26,30). The van der Waals surface area contributed by atoms with Crippen LogP contribution in [0.4, 0.5) is 9.59 Å². The molecule has 0 spiro atoms. The van der Waals surface area contributed by atoms with Crippen molar-refractivity contribution in [2.24, 2.45) is 5.73 Å². The molecule has 0 atom stereocenters. The number of aromatic nitrogens is 1. The molecule has 1 heterocycles. The van der Waals surface area contributed by atoms with Crippen LogP contribution in [0.1, 0.15) is 23.2 Å². The molecule has 0 saturated heterocycles. The fourth-order valence-electron chi connectivity index (χ4n) is 3.67. The highest BCUT2D eigenvalue weighted by Gasteiger charge is 2.25. The number of ether oxygens (including phenoxy) is 4. The van der Waals surface area contributed by atoms with Gasteiger partial charge in [-0.2, -0.15) is 0 Å². The molecule has 212 valence electrons. The lowest BCUT2D eigenvalue weighted by Gasteiger charge is -2.22. The van der Waals surface area contributed by atoms with Gasteiger partial charge in [-0.1, -0.05) is 12.1 Å². The monoisotopic (exact) mass is 559 g/mol. The van der Waals surface area contributed by atoms with Crippen LogP contribution in [0.25, 0.3) is 11.0 Å². The van der Waals surface area contributed by atoms with Crippen molar-refractivity contribution >= 4 is 35.1 Å². The lowest BCUT2D eigenvalue weighted by Crippen LogP contribution is -2.39. The van der Waals surface area contributed by atoms with E-state index in [0.29, 0.717) is 0 Å². The summed E-state index contributed by atoms with van der Waals surface area (Å²) in [6, 6.07) is 7.93. The maximum Gasteiger partial charge on any atom is 0.513 e. The van der Waals surface area contributed by atoms with E-state index in [1.807, 2.05) is 0 Å². The molecule has 0 fully saturated rings. The zero-order chi connectivity index (χ0) is 29.4. The maximum atomic E-state index is 13.2. The van der Waals surface area contributed by atoms with Gasteiger partial charge in [0.1, 0.15) is 0 Å². The number of unbranched alkanes of at least 4 members (excludes halogenated alkanes) is 1. The van der Waals surface area contributed by atoms with Crippen LogP contribution in [-0.4, -0.2) is 66.0 Å². The lowest BCUT2D eigenvalue weighted by atomic mass is 10.1. The number of nitrogens with zero attached hydrogens (tertiary/aromatic N) is 2. The number of amides is 2. The van der Waals surface area contributed by atoms with Crippen molar-refractivity contribution in [2.45, 2.75) is 19.4 Å². The molecule has 0 radical (unpaired) electrons. The topological polar surface area (TPSA) is 207 Å². The van der Waals surface area contributed by atoms with Crippen LogP contribution >= 0.6 is 0 Å². The van der Waals surface area contributed by atoms with E-state index in [4.69, 9.17) is 19.6 Å². The Kier molecular flexibility index (Phi) is 9.46. The van der Waals surface area contributed by atoms with Gasteiger partial charge in [0, 0.05) is 13.1 Å². The van der Waals surface area contributed by atoms with Gasteiger partial charge >= 0.3 is 18.1 Å². The molecular weight excluding hydrogens is 534 g/mol. The third-order valence-electron chi connectivity index (χ3n) is 5.49. The fourth-order valence-corrected chi connectivity index (χ4v) is 3.67. The summed E-state index contributed by atoms with van der Waals surface area (Å²) in [5, 5.41) is 10.1. The van der Waals surface area contributed by atoms with Gasteiger partial charge in [-0.3, -0.25) is 14.4 Å². The molecule has 1 aromatic heterocycles. The third-order valence-corrected chi connectivity index (χ3v) is 5.49. The fraction of sp³-hybridized carbons (Fsp3) is 0.280. The minimum absolute atomic E-state index is 0.0199. The van der Waals surface area contributed by atoms with Crippen molar-refractivity contribution in [1.82, 2.24) is 9.47 Å². The van der Waals surface area contributed by atoms with Crippen molar-refractivity contribution in [1.29, 1.82) is 0 Å². The molecule has 40 heavy (non-hydrogen) atoms. The number of aromatic hydroxyl groups is 1. The van der Waals surface area contributed by atoms with E-state index in [1.165, 1.54) is 36.4 Å². The first kappa shape index (κ1) is 29.2. The van der Waals surface area contributed by atoms with Crippen molar-refractivity contribution < 1.29 is 47.6 Å². The van der Waals surface area contributed by atoms with Gasteiger partial charge in [0.05, 0.1) is 31.7 Å². The largest absolute Gasteiger partial charge is 0.513 e. The number of carbonyl (C=O) groups is 4. The Labute approximate surface area is 225 Å². The highest BCUT2D eigenvalue weighted by atomic mass is 16.7. The van der Waals surface area contributed by atoms with Gasteiger partial charge in [0.25, 0.3) is 11.5 Å². The molecule has 3 aromatic rings. The first-order valence-electron chi connectivity index (χ1n) is 11.6. The first-order chi connectivity index (χ1) is 19.1. The number of nitrogens with two attached hydrogens (primary N) is 1. The Hall–Kier alpha value is -5.34. The van der Waals surface area contributed by atoms with Gasteiger partial charge in [0.15, 0.2) is 22.8 Å². The maximum absolute atomic E-state index is 13.2. The smallest absolute Gasteiger partial charge is 0.504 e. The van der Waals surface area contributed by atoms with E-state index >= 15 is 0 Å². The van der Waals surface area contributed by atoms with Crippen molar-refractivity contribution in [3.8, 4) is 17.2 Å². The zero-order valence-corrected chi connectivity index (χ0v) is 21.4. The van der Waals surface area contributed by atoms with E-state index < -0.39 is 53.5 Å². The summed E-state index contributed by atoms with van der Waals surface area (Å²) in [6.45, 7) is -0.673. The second-order valence-electron chi connectivity index (χ2n) is 8.12. The highest BCUT2D eigenvalue weighted by Crippen LogP contribution is 2.31. The van der Waals surface area contributed by atoms with Crippen LogP contribution in [0.5, 0.6) is 17.2 Å². The number of hydrogen-bond donors (Lipinski definition) is 2. The zero-order valence-electron chi connectivity index (χ0n) is 21.4. The Morgan fingerprint density at radius 1 is 0.975 bits per heavy atom. The summed E-state index contributed by atoms with van der Waals surface area (Å²) in [5.74, 6) is -3.78. The Bertz CT molecular complexity index is 1560. The first-order valence-corrected chi connectivity index (χ1v) is 11.6. The van der Waals surface area contributed by atoms with Gasteiger partial charge < -0.3 is 39.1 Å². The van der Waals surface area contributed by atoms with Crippen LogP contribution < -0.4 is 26.5 Å². The van der Waals surface area contributed by atoms with Crippen LogP contribution in [0.3, 0.4) is 0 Å². The molecule has 3 N–H and O–H groups in total. The Balaban J connectivity index is 1.77. The van der Waals surface area contributed by atoms with Gasteiger partial charge in [-0.25, -0.2) is 19.0 Å². The molecule has 2 aromatic carbocycles. The summed E-state index contributed by atoms with van der Waals surface area (Å²) in [4.78, 5) is 74.4. The third kappa shape index (κ3) is 6.75. The second kappa shape index (κ2) is 12.9. The van der Waals surface area contributed by atoms with Gasteiger partial charge in [-0.15, -0.1) is 0 Å². The summed E-state index contributed by atoms with van der Waals surface area (Å²) in [6.07, 6.45) is -1.87. The van der Waals surface area contributed by atoms with E-state index in [1.54, 1.807) is 0 Å². The number of fused-ring (bicyclic) bond motifs is 1. The van der Waals surface area contributed by atoms with E-state index in [0.717, 1.165) is 23.7 Å². The molecular formula is C25H25N3O12. The Morgan fingerprint density at radius 3 is 2.33 bits per heavy atom. The number of hydrogen-bond acceptors (Lipinski definition) is 12. The average molecular weight is 559 g/mol. The molecule has 3 rings (SSSR count). The number of rotatable bonds is 10. The minimum atomic E-state index is -1.18. The van der Waals surface area contributed by atoms with Crippen LogP contribution in [0.15, 0.2) is 50.4 Å². The number of phenolic OH excluding ortho intramolecular Hbond substituents is 1. The number of carbonyl (C=O) groups excluding carboxylic acids is 4. The second-order valence-corrected chi connectivity index (χ2v) is 8.12. The molecule has 0 unspecified atom stereocenters. The van der Waals surface area contributed by atoms with Crippen LogP contribution in [0.2, 0.25) is 0 Å². The number of primary amides is 1. The summed E-state index contributed by atoms with van der Waals surface area (Å²) >= 11 is 0. The number of methoxy groups -OCH3 is 2. The quantitative estimate of drug-likeness (QED) is 0.205. The van der Waals surface area contributed by atoms with Gasteiger partial charge in [0.2, 0.25) is 5.91 Å². The summed E-state index contributed by atoms with van der Waals surface area (Å²) in [7, 11) is 2.13. The van der Waals surface area contributed by atoms with Crippen molar-refractivity contribution in [3.05, 3.63) is 62.9 Å². The molecule has 0 aliphatic heterocycles. The molecule has 0 bridgehead atoms. The Morgan fingerprint density at radius 2 is 1.65 bits per heavy atom. The number of benzene rings is 2. The highest BCUT2D eigenvalue weighted by molar-refractivity contribution is 6.00. The van der Waals surface area contributed by atoms with Crippen LogP contribution in [-0.2, 0) is 20.8 Å². The number of para-hydroxylation sites is 2. The van der Waals surface area contributed by atoms with Crippen molar-refractivity contribution in [2.75, 3.05) is 27.3 Å². The molecule has 0 aliphatic rings. The predicted octanol–water partition coefficient (Wildman–Crippen LogP) is 1.36. The predicted molar refractivity (Wildman–Crippen MR) is 135 cm³/mol. The number of phenols is 1. The van der Waals surface area contributed by atoms with Crippen molar-refractivity contribution in [3.63, 3.8) is 0 Å². The molecule has 15 heteroatoms.